The average Bonchev–Trinajstić information content (AvgIpc) is 2.39. The number of ether oxygens (including phenoxy) is 1. The molecule has 108 valence electrons. The summed E-state index contributed by atoms with van der Waals surface area (Å²) in [5, 5.41) is 0. The molecule has 2 N–H and O–H groups in total. The molecule has 0 radical (unpaired) electrons. The van der Waals surface area contributed by atoms with E-state index in [1.165, 1.54) is 5.56 Å². The largest absolute Gasteiger partial charge is 0.496 e. The molecular weight excluding hydrogens is 236 g/mol. The number of methoxy groups -OCH3 is 1. The molecule has 0 fully saturated rings. The molecule has 1 unspecified atom stereocenters. The minimum atomic E-state index is -0.0441. The normalized spacial score (nSPS) is 14.7. The van der Waals surface area contributed by atoms with E-state index in [1.54, 1.807) is 7.11 Å². The van der Waals surface area contributed by atoms with Crippen LogP contribution in [-0.2, 0) is 6.42 Å². The van der Waals surface area contributed by atoms with E-state index in [0.717, 1.165) is 18.7 Å². The van der Waals surface area contributed by atoms with E-state index < -0.39 is 0 Å². The quantitative estimate of drug-likeness (QED) is 0.823. The van der Waals surface area contributed by atoms with E-state index in [0.29, 0.717) is 12.6 Å². The van der Waals surface area contributed by atoms with E-state index in [2.05, 4.69) is 44.7 Å². The second-order valence-electron chi connectivity index (χ2n) is 5.57. The first kappa shape index (κ1) is 16.0. The second-order valence-corrected chi connectivity index (χ2v) is 5.57. The molecule has 3 heteroatoms. The van der Waals surface area contributed by atoms with Gasteiger partial charge in [-0.25, -0.2) is 0 Å². The van der Waals surface area contributed by atoms with Crippen LogP contribution in [0.2, 0.25) is 0 Å². The van der Waals surface area contributed by atoms with Gasteiger partial charge < -0.3 is 10.5 Å². The van der Waals surface area contributed by atoms with Gasteiger partial charge in [0.25, 0.3) is 0 Å². The van der Waals surface area contributed by atoms with Gasteiger partial charge in [0.2, 0.25) is 0 Å². The molecule has 0 aliphatic carbocycles. The first-order valence-electron chi connectivity index (χ1n) is 7.07. The SMILES string of the molecule is CCN(C(C)C)C(C)(CN)Cc1ccccc1OC. The van der Waals surface area contributed by atoms with Crippen LogP contribution in [0.15, 0.2) is 24.3 Å². The maximum atomic E-state index is 6.08. The number of hydrogen-bond acceptors (Lipinski definition) is 3. The molecule has 0 aromatic heterocycles. The summed E-state index contributed by atoms with van der Waals surface area (Å²) in [4.78, 5) is 2.46. The minimum Gasteiger partial charge on any atom is -0.496 e. The van der Waals surface area contributed by atoms with Gasteiger partial charge in [0.1, 0.15) is 5.75 Å². The highest BCUT2D eigenvalue weighted by Gasteiger charge is 2.32. The Morgan fingerprint density at radius 3 is 2.42 bits per heavy atom. The third-order valence-corrected chi connectivity index (χ3v) is 3.86. The van der Waals surface area contributed by atoms with Crippen LogP contribution in [0.5, 0.6) is 5.75 Å². The van der Waals surface area contributed by atoms with Crippen LogP contribution >= 0.6 is 0 Å². The molecule has 1 aromatic carbocycles. The fourth-order valence-electron chi connectivity index (χ4n) is 2.92. The molecule has 0 saturated heterocycles. The van der Waals surface area contributed by atoms with Crippen molar-refractivity contribution >= 4 is 0 Å². The van der Waals surface area contributed by atoms with Gasteiger partial charge in [-0.05, 0) is 45.4 Å². The summed E-state index contributed by atoms with van der Waals surface area (Å²) in [5.41, 5.74) is 7.25. The van der Waals surface area contributed by atoms with Crippen molar-refractivity contribution in [2.75, 3.05) is 20.2 Å². The molecule has 0 aliphatic heterocycles. The molecule has 0 heterocycles. The Hall–Kier alpha value is -1.06. The summed E-state index contributed by atoms with van der Waals surface area (Å²) in [6.07, 6.45) is 0.902. The number of nitrogens with zero attached hydrogens (tertiary/aromatic N) is 1. The van der Waals surface area contributed by atoms with E-state index in [9.17, 15) is 0 Å². The molecule has 3 nitrogen and oxygen atoms in total. The first-order valence-corrected chi connectivity index (χ1v) is 7.07. The highest BCUT2D eigenvalue weighted by Crippen LogP contribution is 2.27. The third kappa shape index (κ3) is 3.71. The van der Waals surface area contributed by atoms with Crippen molar-refractivity contribution in [2.24, 2.45) is 5.73 Å². The van der Waals surface area contributed by atoms with Gasteiger partial charge in [-0.3, -0.25) is 4.90 Å². The Balaban J connectivity index is 3.03. The number of para-hydroxylation sites is 1. The Labute approximate surface area is 117 Å². The lowest BCUT2D eigenvalue weighted by atomic mass is 9.89. The predicted octanol–water partition coefficient (Wildman–Crippen LogP) is 2.69. The van der Waals surface area contributed by atoms with Crippen LogP contribution in [0.4, 0.5) is 0 Å². The van der Waals surface area contributed by atoms with Crippen LogP contribution in [0, 0.1) is 0 Å². The van der Waals surface area contributed by atoms with Crippen molar-refractivity contribution in [2.45, 2.75) is 45.7 Å². The van der Waals surface area contributed by atoms with E-state index in [1.807, 2.05) is 12.1 Å². The molecular formula is C16H28N2O. The smallest absolute Gasteiger partial charge is 0.122 e. The summed E-state index contributed by atoms with van der Waals surface area (Å²) in [7, 11) is 1.72. The maximum absolute atomic E-state index is 6.08. The molecule has 0 saturated carbocycles. The minimum absolute atomic E-state index is 0.0441. The van der Waals surface area contributed by atoms with Gasteiger partial charge in [0.05, 0.1) is 7.11 Å². The van der Waals surface area contributed by atoms with Crippen molar-refractivity contribution in [1.82, 2.24) is 4.90 Å². The molecule has 0 amide bonds. The molecule has 0 spiro atoms. The first-order chi connectivity index (χ1) is 8.98. The number of rotatable bonds is 7. The molecule has 1 rings (SSSR count). The van der Waals surface area contributed by atoms with E-state index in [-0.39, 0.29) is 5.54 Å². The lowest BCUT2D eigenvalue weighted by Crippen LogP contribution is -2.55. The lowest BCUT2D eigenvalue weighted by Gasteiger charge is -2.43. The maximum Gasteiger partial charge on any atom is 0.122 e. The summed E-state index contributed by atoms with van der Waals surface area (Å²) in [5.74, 6) is 0.946. The molecule has 0 bridgehead atoms. The standard InChI is InChI=1S/C16H28N2O/c1-6-18(13(2)3)16(4,12-17)11-14-9-7-8-10-15(14)19-5/h7-10,13H,6,11-12,17H2,1-5H3. The summed E-state index contributed by atoms with van der Waals surface area (Å²) >= 11 is 0. The predicted molar refractivity (Wildman–Crippen MR) is 81.7 cm³/mol. The Morgan fingerprint density at radius 2 is 1.95 bits per heavy atom. The Bertz CT molecular complexity index is 392. The third-order valence-electron chi connectivity index (χ3n) is 3.86. The number of nitrogens with two attached hydrogens (primary N) is 1. The van der Waals surface area contributed by atoms with Crippen LogP contribution in [0.3, 0.4) is 0 Å². The number of hydrogen-bond donors (Lipinski definition) is 1. The molecule has 0 aliphatic rings. The fourth-order valence-corrected chi connectivity index (χ4v) is 2.92. The monoisotopic (exact) mass is 264 g/mol. The Kier molecular flexibility index (Phi) is 5.83. The van der Waals surface area contributed by atoms with Gasteiger partial charge >= 0.3 is 0 Å². The molecule has 19 heavy (non-hydrogen) atoms. The zero-order valence-electron chi connectivity index (χ0n) is 12.9. The van der Waals surface area contributed by atoms with Gasteiger partial charge in [0.15, 0.2) is 0 Å². The van der Waals surface area contributed by atoms with E-state index >= 15 is 0 Å². The zero-order chi connectivity index (χ0) is 14.5. The highest BCUT2D eigenvalue weighted by atomic mass is 16.5. The fraction of sp³-hybridized carbons (Fsp3) is 0.625. The molecule has 1 atom stereocenters. The van der Waals surface area contributed by atoms with Crippen LogP contribution in [-0.4, -0.2) is 36.7 Å². The zero-order valence-corrected chi connectivity index (χ0v) is 12.9. The summed E-state index contributed by atoms with van der Waals surface area (Å²) in [6.45, 7) is 10.5. The van der Waals surface area contributed by atoms with Crippen molar-refractivity contribution in [1.29, 1.82) is 0 Å². The van der Waals surface area contributed by atoms with E-state index in [4.69, 9.17) is 10.5 Å². The average molecular weight is 264 g/mol. The van der Waals surface area contributed by atoms with Gasteiger partial charge in [0, 0.05) is 18.1 Å². The van der Waals surface area contributed by atoms with Crippen molar-refractivity contribution in [3.63, 3.8) is 0 Å². The number of benzene rings is 1. The van der Waals surface area contributed by atoms with Crippen LogP contribution < -0.4 is 10.5 Å². The van der Waals surface area contributed by atoms with Crippen molar-refractivity contribution < 1.29 is 4.74 Å². The lowest BCUT2D eigenvalue weighted by molar-refractivity contribution is 0.0818. The number of likely N-dealkylation sites (N-methyl/N-ethyl adjacent to an activating group) is 1. The summed E-state index contributed by atoms with van der Waals surface area (Å²) < 4.78 is 5.45. The van der Waals surface area contributed by atoms with Gasteiger partial charge in [-0.1, -0.05) is 25.1 Å². The van der Waals surface area contributed by atoms with Crippen LogP contribution in [0.25, 0.3) is 0 Å². The van der Waals surface area contributed by atoms with Gasteiger partial charge in [-0.15, -0.1) is 0 Å². The Morgan fingerprint density at radius 1 is 1.32 bits per heavy atom. The summed E-state index contributed by atoms with van der Waals surface area (Å²) in [6, 6.07) is 8.68. The topological polar surface area (TPSA) is 38.5 Å². The molecule has 1 aromatic rings. The highest BCUT2D eigenvalue weighted by molar-refractivity contribution is 5.34. The van der Waals surface area contributed by atoms with Crippen molar-refractivity contribution in [3.8, 4) is 5.75 Å². The second kappa shape index (κ2) is 6.92. The van der Waals surface area contributed by atoms with Crippen molar-refractivity contribution in [3.05, 3.63) is 29.8 Å². The van der Waals surface area contributed by atoms with Crippen LogP contribution in [0.1, 0.15) is 33.3 Å². The van der Waals surface area contributed by atoms with Gasteiger partial charge in [-0.2, -0.15) is 0 Å².